The number of aliphatic hydroxyl groups excluding tert-OH is 1. The summed E-state index contributed by atoms with van der Waals surface area (Å²) in [5.41, 5.74) is 6.15. The molecule has 0 spiro atoms. The van der Waals surface area contributed by atoms with Crippen LogP contribution in [-0.4, -0.2) is 31.0 Å². The van der Waals surface area contributed by atoms with Crippen LogP contribution in [-0.2, 0) is 4.74 Å². The van der Waals surface area contributed by atoms with E-state index in [2.05, 4.69) is 6.92 Å². The number of unbranched alkanes of at least 4 members (excludes halogenated alkanes) is 1. The van der Waals surface area contributed by atoms with Crippen LogP contribution in [0, 0.1) is 0 Å². The second-order valence-corrected chi connectivity index (χ2v) is 4.49. The summed E-state index contributed by atoms with van der Waals surface area (Å²) in [6.45, 7) is 3.17. The van der Waals surface area contributed by atoms with Crippen LogP contribution in [0.15, 0.2) is 18.2 Å². The van der Waals surface area contributed by atoms with Gasteiger partial charge in [0.15, 0.2) is 0 Å². The molecule has 0 aliphatic carbocycles. The molecule has 0 radical (unpaired) electrons. The minimum Gasteiger partial charge on any atom is -0.489 e. The lowest BCUT2D eigenvalue weighted by Gasteiger charge is -2.13. The Morgan fingerprint density at radius 2 is 2.17 bits per heavy atom. The van der Waals surface area contributed by atoms with Gasteiger partial charge < -0.3 is 20.3 Å². The molecule has 0 heterocycles. The van der Waals surface area contributed by atoms with Gasteiger partial charge in [-0.15, -0.1) is 0 Å². The van der Waals surface area contributed by atoms with E-state index in [1.807, 2.05) is 0 Å². The van der Waals surface area contributed by atoms with Crippen molar-refractivity contribution in [1.29, 1.82) is 0 Å². The molecule has 3 N–H and O–H groups in total. The first-order valence-electron chi connectivity index (χ1n) is 6.07. The first-order chi connectivity index (χ1) is 8.63. The van der Waals surface area contributed by atoms with E-state index in [1.54, 1.807) is 18.2 Å². The summed E-state index contributed by atoms with van der Waals surface area (Å²) in [5, 5.41) is 10.1. The topological polar surface area (TPSA) is 64.7 Å². The van der Waals surface area contributed by atoms with Crippen molar-refractivity contribution >= 4 is 17.3 Å². The minimum atomic E-state index is -0.657. The van der Waals surface area contributed by atoms with Crippen LogP contribution in [0.25, 0.3) is 0 Å². The summed E-state index contributed by atoms with van der Waals surface area (Å²) in [7, 11) is 0. The predicted octanol–water partition coefficient (Wildman–Crippen LogP) is 2.48. The third-order valence-corrected chi connectivity index (χ3v) is 2.63. The maximum atomic E-state index is 9.64. The van der Waals surface area contributed by atoms with Gasteiger partial charge in [0, 0.05) is 12.3 Å². The van der Waals surface area contributed by atoms with Crippen molar-refractivity contribution in [2.24, 2.45) is 0 Å². The van der Waals surface area contributed by atoms with Gasteiger partial charge in [0.25, 0.3) is 0 Å². The first-order valence-corrected chi connectivity index (χ1v) is 6.45. The Labute approximate surface area is 113 Å². The van der Waals surface area contributed by atoms with Gasteiger partial charge in [0.1, 0.15) is 18.5 Å². The summed E-state index contributed by atoms with van der Waals surface area (Å²) >= 11 is 5.94. The average molecular weight is 274 g/mol. The van der Waals surface area contributed by atoms with E-state index in [-0.39, 0.29) is 13.2 Å². The van der Waals surface area contributed by atoms with Gasteiger partial charge in [-0.05, 0) is 24.6 Å². The van der Waals surface area contributed by atoms with Gasteiger partial charge in [-0.3, -0.25) is 0 Å². The van der Waals surface area contributed by atoms with Gasteiger partial charge in [0.05, 0.1) is 11.6 Å². The summed E-state index contributed by atoms with van der Waals surface area (Å²) in [5.74, 6) is 0.512. The molecule has 18 heavy (non-hydrogen) atoms. The number of hydrogen-bond donors (Lipinski definition) is 2. The largest absolute Gasteiger partial charge is 0.489 e. The van der Waals surface area contributed by atoms with Crippen molar-refractivity contribution in [3.05, 3.63) is 23.2 Å². The zero-order valence-corrected chi connectivity index (χ0v) is 11.3. The number of ether oxygens (including phenoxy) is 2. The molecule has 1 aromatic rings. The van der Waals surface area contributed by atoms with Crippen LogP contribution in [0.5, 0.6) is 5.75 Å². The highest BCUT2D eigenvalue weighted by atomic mass is 35.5. The van der Waals surface area contributed by atoms with E-state index in [0.717, 1.165) is 12.8 Å². The second kappa shape index (κ2) is 8.19. The molecule has 0 amide bonds. The number of benzene rings is 1. The zero-order chi connectivity index (χ0) is 13.4. The van der Waals surface area contributed by atoms with Crippen molar-refractivity contribution in [3.8, 4) is 5.75 Å². The van der Waals surface area contributed by atoms with Crippen LogP contribution < -0.4 is 10.5 Å². The van der Waals surface area contributed by atoms with Crippen LogP contribution in [0.1, 0.15) is 19.8 Å². The van der Waals surface area contributed by atoms with E-state index in [9.17, 15) is 5.11 Å². The number of rotatable bonds is 8. The fourth-order valence-corrected chi connectivity index (χ4v) is 1.58. The third-order valence-electron chi connectivity index (χ3n) is 2.34. The van der Waals surface area contributed by atoms with Gasteiger partial charge in [-0.2, -0.15) is 0 Å². The molecule has 1 atom stereocenters. The number of nitrogen functional groups attached to an aromatic ring is 1. The third kappa shape index (κ3) is 5.58. The lowest BCUT2D eigenvalue weighted by Crippen LogP contribution is -2.23. The van der Waals surface area contributed by atoms with Crippen LogP contribution in [0.2, 0.25) is 5.02 Å². The van der Waals surface area contributed by atoms with Crippen LogP contribution in [0.4, 0.5) is 5.69 Å². The molecular weight excluding hydrogens is 254 g/mol. The summed E-state index contributed by atoms with van der Waals surface area (Å²) in [6.07, 6.45) is 1.42. The van der Waals surface area contributed by atoms with Crippen molar-refractivity contribution < 1.29 is 14.6 Å². The Bertz CT molecular complexity index is 360. The van der Waals surface area contributed by atoms with Crippen molar-refractivity contribution in [3.63, 3.8) is 0 Å². The van der Waals surface area contributed by atoms with E-state index < -0.39 is 6.10 Å². The summed E-state index contributed by atoms with van der Waals surface area (Å²) < 4.78 is 10.7. The molecule has 0 saturated carbocycles. The number of anilines is 1. The van der Waals surface area contributed by atoms with Gasteiger partial charge in [-0.25, -0.2) is 0 Å². The Morgan fingerprint density at radius 3 is 2.83 bits per heavy atom. The van der Waals surface area contributed by atoms with E-state index >= 15 is 0 Å². The molecule has 0 aliphatic rings. The predicted molar refractivity (Wildman–Crippen MR) is 73.1 cm³/mol. The fraction of sp³-hybridized carbons (Fsp3) is 0.538. The molecule has 1 aromatic carbocycles. The van der Waals surface area contributed by atoms with E-state index in [0.29, 0.717) is 23.1 Å². The molecule has 5 heteroatoms. The van der Waals surface area contributed by atoms with Crippen LogP contribution in [0.3, 0.4) is 0 Å². The van der Waals surface area contributed by atoms with Gasteiger partial charge >= 0.3 is 0 Å². The van der Waals surface area contributed by atoms with Crippen molar-refractivity contribution in [2.75, 3.05) is 25.6 Å². The molecule has 0 fully saturated rings. The average Bonchev–Trinajstić information content (AvgIpc) is 2.33. The Morgan fingerprint density at radius 1 is 1.39 bits per heavy atom. The van der Waals surface area contributed by atoms with E-state index in [4.69, 9.17) is 26.8 Å². The minimum absolute atomic E-state index is 0.149. The Balaban J connectivity index is 2.27. The van der Waals surface area contributed by atoms with Gasteiger partial charge in [0.2, 0.25) is 0 Å². The number of hydrogen-bond acceptors (Lipinski definition) is 4. The summed E-state index contributed by atoms with van der Waals surface area (Å²) in [6, 6.07) is 4.99. The number of halogens is 1. The summed E-state index contributed by atoms with van der Waals surface area (Å²) in [4.78, 5) is 0. The molecule has 0 aliphatic heterocycles. The second-order valence-electron chi connectivity index (χ2n) is 4.08. The van der Waals surface area contributed by atoms with Crippen molar-refractivity contribution in [2.45, 2.75) is 25.9 Å². The lowest BCUT2D eigenvalue weighted by molar-refractivity contribution is 0.0113. The van der Waals surface area contributed by atoms with E-state index in [1.165, 1.54) is 0 Å². The normalized spacial score (nSPS) is 12.4. The Hall–Kier alpha value is -0.970. The molecular formula is C13H20ClNO3. The highest BCUT2D eigenvalue weighted by Gasteiger charge is 2.07. The Kier molecular flexibility index (Phi) is 6.86. The monoisotopic (exact) mass is 273 g/mol. The number of aliphatic hydroxyl groups is 1. The fourth-order valence-electron chi connectivity index (χ4n) is 1.33. The quantitative estimate of drug-likeness (QED) is 0.564. The maximum absolute atomic E-state index is 9.64. The lowest BCUT2D eigenvalue weighted by atomic mass is 10.3. The SMILES string of the molecule is CCCCOCC(O)COc1ccc(N)cc1Cl. The van der Waals surface area contributed by atoms with Crippen LogP contribution >= 0.6 is 11.6 Å². The molecule has 102 valence electrons. The maximum Gasteiger partial charge on any atom is 0.138 e. The van der Waals surface area contributed by atoms with Crippen molar-refractivity contribution in [1.82, 2.24) is 0 Å². The molecule has 0 saturated heterocycles. The molecule has 4 nitrogen and oxygen atoms in total. The standard InChI is InChI=1S/C13H20ClNO3/c1-2-3-6-17-8-11(16)9-18-13-5-4-10(15)7-12(13)14/h4-5,7,11,16H,2-3,6,8-9,15H2,1H3. The van der Waals surface area contributed by atoms with Gasteiger partial charge in [-0.1, -0.05) is 24.9 Å². The highest BCUT2D eigenvalue weighted by molar-refractivity contribution is 6.32. The first kappa shape index (κ1) is 15.1. The molecule has 0 bridgehead atoms. The molecule has 1 unspecified atom stereocenters. The molecule has 1 rings (SSSR count). The zero-order valence-electron chi connectivity index (χ0n) is 10.6. The number of nitrogens with two attached hydrogens (primary N) is 1. The smallest absolute Gasteiger partial charge is 0.138 e. The highest BCUT2D eigenvalue weighted by Crippen LogP contribution is 2.26. The molecule has 0 aromatic heterocycles.